The Morgan fingerprint density at radius 3 is 2.64 bits per heavy atom. The standard InChI is InChI=1S/C16H12F3N3O3/c17-16(18,19)10-5-9(2-1-7(10)6-20)21-14(24)13-8-3-11(12(23)4-8)22(13)15(21)25/h1-2,5,8,11-12,23-24H,3-4H2/t8-,11+,12-/m1/s1. The third-order valence-corrected chi connectivity index (χ3v) is 5.00. The highest BCUT2D eigenvalue weighted by atomic mass is 19.4. The molecule has 2 aliphatic rings. The fraction of sp³-hybridized carbons (Fsp3) is 0.375. The maximum absolute atomic E-state index is 13.1. The number of alkyl halides is 3. The van der Waals surface area contributed by atoms with Crippen LogP contribution in [0.4, 0.5) is 13.2 Å². The molecular weight excluding hydrogens is 339 g/mol. The molecular formula is C16H12F3N3O3. The summed E-state index contributed by atoms with van der Waals surface area (Å²) in [7, 11) is 0. The Labute approximate surface area is 139 Å². The summed E-state index contributed by atoms with van der Waals surface area (Å²) in [6, 6.07) is 3.82. The minimum atomic E-state index is -4.77. The summed E-state index contributed by atoms with van der Waals surface area (Å²) in [5, 5.41) is 29.2. The lowest BCUT2D eigenvalue weighted by Crippen LogP contribution is -2.31. The number of hydrogen-bond donors (Lipinski definition) is 2. The molecule has 0 saturated heterocycles. The predicted octanol–water partition coefficient (Wildman–Crippen LogP) is 2.03. The third kappa shape index (κ3) is 2.04. The number of benzene rings is 1. The molecule has 4 rings (SSSR count). The Balaban J connectivity index is 1.93. The van der Waals surface area contributed by atoms with Crippen molar-refractivity contribution in [3.05, 3.63) is 45.5 Å². The van der Waals surface area contributed by atoms with Gasteiger partial charge in [-0.1, -0.05) is 0 Å². The lowest BCUT2D eigenvalue weighted by molar-refractivity contribution is -0.137. The van der Waals surface area contributed by atoms with E-state index in [1.807, 2.05) is 0 Å². The average Bonchev–Trinajstić information content (AvgIpc) is 3.17. The largest absolute Gasteiger partial charge is 0.493 e. The summed E-state index contributed by atoms with van der Waals surface area (Å²) in [6.07, 6.45) is -4.54. The predicted molar refractivity (Wildman–Crippen MR) is 78.4 cm³/mol. The van der Waals surface area contributed by atoms with E-state index in [0.29, 0.717) is 24.6 Å². The van der Waals surface area contributed by atoms with E-state index in [2.05, 4.69) is 0 Å². The number of aliphatic hydroxyl groups excluding tert-OH is 1. The molecule has 1 aliphatic heterocycles. The second-order valence-corrected chi connectivity index (χ2v) is 6.34. The molecule has 0 amide bonds. The van der Waals surface area contributed by atoms with Gasteiger partial charge in [-0.3, -0.25) is 4.57 Å². The van der Waals surface area contributed by atoms with E-state index in [1.165, 1.54) is 16.7 Å². The van der Waals surface area contributed by atoms with Gasteiger partial charge < -0.3 is 10.2 Å². The van der Waals surface area contributed by atoms with Gasteiger partial charge in [-0.2, -0.15) is 18.4 Å². The molecule has 25 heavy (non-hydrogen) atoms. The number of nitrogens with zero attached hydrogens (tertiary/aromatic N) is 3. The van der Waals surface area contributed by atoms with E-state index < -0.39 is 41.0 Å². The van der Waals surface area contributed by atoms with Gasteiger partial charge in [-0.05, 0) is 31.0 Å². The number of hydrogen-bond acceptors (Lipinski definition) is 4. The minimum Gasteiger partial charge on any atom is -0.493 e. The van der Waals surface area contributed by atoms with Gasteiger partial charge >= 0.3 is 11.9 Å². The summed E-state index contributed by atoms with van der Waals surface area (Å²) < 4.78 is 41.5. The summed E-state index contributed by atoms with van der Waals surface area (Å²) >= 11 is 0. The van der Waals surface area contributed by atoms with E-state index in [0.717, 1.165) is 10.6 Å². The number of imidazole rings is 1. The van der Waals surface area contributed by atoms with E-state index >= 15 is 0 Å². The van der Waals surface area contributed by atoms with E-state index in [1.54, 1.807) is 0 Å². The van der Waals surface area contributed by atoms with Crippen molar-refractivity contribution in [1.29, 1.82) is 5.26 Å². The van der Waals surface area contributed by atoms with Crippen molar-refractivity contribution in [1.82, 2.24) is 9.13 Å². The highest BCUT2D eigenvalue weighted by Gasteiger charge is 2.48. The van der Waals surface area contributed by atoms with E-state index in [4.69, 9.17) is 5.26 Å². The monoisotopic (exact) mass is 351 g/mol. The number of rotatable bonds is 1. The second kappa shape index (κ2) is 4.89. The average molecular weight is 351 g/mol. The Hall–Kier alpha value is -2.73. The number of aliphatic hydroxyl groups is 1. The molecule has 6 nitrogen and oxygen atoms in total. The molecule has 1 saturated carbocycles. The van der Waals surface area contributed by atoms with Crippen molar-refractivity contribution in [3.8, 4) is 17.6 Å². The Kier molecular flexibility index (Phi) is 3.09. The number of halogens is 3. The molecule has 0 unspecified atom stereocenters. The molecule has 0 radical (unpaired) electrons. The first-order valence-electron chi connectivity index (χ1n) is 7.60. The van der Waals surface area contributed by atoms with Crippen LogP contribution in [0.5, 0.6) is 5.88 Å². The Morgan fingerprint density at radius 2 is 2.00 bits per heavy atom. The van der Waals surface area contributed by atoms with Crippen molar-refractivity contribution in [3.63, 3.8) is 0 Å². The second-order valence-electron chi connectivity index (χ2n) is 6.34. The fourth-order valence-electron chi connectivity index (χ4n) is 3.95. The normalized spacial score (nSPS) is 24.4. The van der Waals surface area contributed by atoms with Gasteiger partial charge in [0.15, 0.2) is 0 Å². The van der Waals surface area contributed by atoms with Crippen LogP contribution in [0.2, 0.25) is 0 Å². The molecule has 2 aromatic rings. The van der Waals surface area contributed by atoms with Gasteiger partial charge in [0.25, 0.3) is 0 Å². The Bertz CT molecular complexity index is 983. The maximum atomic E-state index is 13.1. The van der Waals surface area contributed by atoms with Crippen LogP contribution >= 0.6 is 0 Å². The van der Waals surface area contributed by atoms with Crippen molar-refractivity contribution in [2.75, 3.05) is 0 Å². The zero-order chi connectivity index (χ0) is 18.1. The summed E-state index contributed by atoms with van der Waals surface area (Å²) in [4.78, 5) is 12.6. The topological polar surface area (TPSA) is 91.2 Å². The van der Waals surface area contributed by atoms with Crippen molar-refractivity contribution >= 4 is 0 Å². The molecule has 1 aromatic heterocycles. The van der Waals surface area contributed by atoms with Gasteiger partial charge in [-0.25, -0.2) is 9.36 Å². The minimum absolute atomic E-state index is 0.176. The third-order valence-electron chi connectivity index (χ3n) is 5.00. The molecule has 2 heterocycles. The van der Waals surface area contributed by atoms with Gasteiger partial charge in [0, 0.05) is 5.92 Å². The summed E-state index contributed by atoms with van der Waals surface area (Å²) in [6.45, 7) is 0. The molecule has 130 valence electrons. The van der Waals surface area contributed by atoms with E-state index in [-0.39, 0.29) is 11.6 Å². The molecule has 3 atom stereocenters. The first-order valence-corrected chi connectivity index (χ1v) is 7.60. The molecule has 1 aromatic carbocycles. The van der Waals surface area contributed by atoms with Crippen molar-refractivity contribution < 1.29 is 23.4 Å². The van der Waals surface area contributed by atoms with E-state index in [9.17, 15) is 28.2 Å². The van der Waals surface area contributed by atoms with Crippen LogP contribution in [0.3, 0.4) is 0 Å². The van der Waals surface area contributed by atoms with Crippen LogP contribution in [0.15, 0.2) is 23.0 Å². The zero-order valence-corrected chi connectivity index (χ0v) is 12.7. The molecule has 2 bridgehead atoms. The molecule has 9 heteroatoms. The smallest absolute Gasteiger partial charge is 0.417 e. The molecule has 0 spiro atoms. The van der Waals surface area contributed by atoms with Crippen LogP contribution in [-0.2, 0) is 6.18 Å². The highest BCUT2D eigenvalue weighted by Crippen LogP contribution is 2.51. The first kappa shape index (κ1) is 15.8. The number of aromatic nitrogens is 2. The number of aromatic hydroxyl groups is 1. The Morgan fingerprint density at radius 1 is 1.28 bits per heavy atom. The SMILES string of the molecule is N#Cc1ccc(-n2c(O)c3n(c2=O)[C@H]2C[C@@H]3C[C@H]2O)cc1C(F)(F)F. The lowest BCUT2D eigenvalue weighted by Gasteiger charge is -2.18. The zero-order valence-electron chi connectivity index (χ0n) is 12.7. The highest BCUT2D eigenvalue weighted by molar-refractivity contribution is 5.50. The quantitative estimate of drug-likeness (QED) is 0.822. The van der Waals surface area contributed by atoms with Crippen molar-refractivity contribution in [2.24, 2.45) is 0 Å². The number of nitriles is 1. The van der Waals surface area contributed by atoms with Gasteiger partial charge in [0.1, 0.15) is 0 Å². The fourth-order valence-corrected chi connectivity index (χ4v) is 3.95. The summed E-state index contributed by atoms with van der Waals surface area (Å²) in [5.74, 6) is -0.614. The van der Waals surface area contributed by atoms with Gasteiger partial charge in [-0.15, -0.1) is 0 Å². The van der Waals surface area contributed by atoms with Crippen LogP contribution in [0.1, 0.15) is 41.6 Å². The molecule has 1 fully saturated rings. The first-order chi connectivity index (χ1) is 11.7. The molecule has 1 aliphatic carbocycles. The van der Waals surface area contributed by atoms with Crippen LogP contribution in [0, 0.1) is 11.3 Å². The van der Waals surface area contributed by atoms with Crippen LogP contribution in [-0.4, -0.2) is 25.5 Å². The van der Waals surface area contributed by atoms with Crippen LogP contribution in [0.25, 0.3) is 5.69 Å². The maximum Gasteiger partial charge on any atom is 0.417 e. The van der Waals surface area contributed by atoms with Gasteiger partial charge in [0.2, 0.25) is 5.88 Å². The summed E-state index contributed by atoms with van der Waals surface area (Å²) in [5.41, 5.74) is -2.27. The molecule has 2 N–H and O–H groups in total. The van der Waals surface area contributed by atoms with Crippen LogP contribution < -0.4 is 5.69 Å². The lowest BCUT2D eigenvalue weighted by atomic mass is 10.0. The van der Waals surface area contributed by atoms with Gasteiger partial charge in [0.05, 0.1) is 40.7 Å². The number of fused-ring (bicyclic) bond motifs is 5. The van der Waals surface area contributed by atoms with Crippen molar-refractivity contribution in [2.45, 2.75) is 37.1 Å².